The lowest BCUT2D eigenvalue weighted by Crippen LogP contribution is -2.36. The SMILES string of the molecule is Cn1cc(C(=O)CC2CCCN2C(=O)c2ccc(Cl)o2)cn1. The van der Waals surface area contributed by atoms with Gasteiger partial charge in [0.15, 0.2) is 16.8 Å². The molecule has 1 aliphatic rings. The number of amides is 1. The van der Waals surface area contributed by atoms with Crippen molar-refractivity contribution in [3.8, 4) is 0 Å². The second-order valence-corrected chi connectivity index (χ2v) is 5.80. The number of ketones is 1. The van der Waals surface area contributed by atoms with Crippen molar-refractivity contribution in [1.29, 1.82) is 0 Å². The molecule has 3 heterocycles. The molecule has 2 aromatic rings. The molecule has 1 unspecified atom stereocenters. The summed E-state index contributed by atoms with van der Waals surface area (Å²) in [6, 6.07) is 2.99. The number of halogens is 1. The molecule has 7 heteroatoms. The lowest BCUT2D eigenvalue weighted by molar-refractivity contribution is 0.0687. The van der Waals surface area contributed by atoms with Crippen molar-refractivity contribution in [3.05, 3.63) is 41.1 Å². The highest BCUT2D eigenvalue weighted by Crippen LogP contribution is 2.25. The van der Waals surface area contributed by atoms with Gasteiger partial charge in [0.25, 0.3) is 5.91 Å². The van der Waals surface area contributed by atoms with Crippen LogP contribution in [0.4, 0.5) is 0 Å². The number of carbonyl (C=O) groups is 2. The quantitative estimate of drug-likeness (QED) is 0.812. The highest BCUT2D eigenvalue weighted by Gasteiger charge is 2.32. The number of rotatable bonds is 4. The van der Waals surface area contributed by atoms with Crippen LogP contribution in [0.3, 0.4) is 0 Å². The molecule has 3 rings (SSSR count). The first-order valence-corrected chi connectivity index (χ1v) is 7.50. The molecule has 1 fully saturated rings. The van der Waals surface area contributed by atoms with Crippen LogP contribution in [0.25, 0.3) is 0 Å². The van der Waals surface area contributed by atoms with Crippen molar-refractivity contribution < 1.29 is 14.0 Å². The van der Waals surface area contributed by atoms with Crippen LogP contribution < -0.4 is 0 Å². The molecule has 2 aromatic heterocycles. The van der Waals surface area contributed by atoms with Gasteiger partial charge in [-0.2, -0.15) is 5.10 Å². The zero-order valence-electron chi connectivity index (χ0n) is 12.2. The van der Waals surface area contributed by atoms with Crippen LogP contribution in [0.2, 0.25) is 5.22 Å². The van der Waals surface area contributed by atoms with Crippen LogP contribution in [0.15, 0.2) is 28.9 Å². The van der Waals surface area contributed by atoms with Gasteiger partial charge in [-0.3, -0.25) is 14.3 Å². The Kier molecular flexibility index (Phi) is 4.02. The lowest BCUT2D eigenvalue weighted by atomic mass is 10.0. The Labute approximate surface area is 132 Å². The molecule has 0 saturated carbocycles. The number of nitrogens with zero attached hydrogens (tertiary/aromatic N) is 3. The molecule has 1 aliphatic heterocycles. The van der Waals surface area contributed by atoms with Crippen LogP contribution in [-0.4, -0.2) is 39.0 Å². The van der Waals surface area contributed by atoms with Crippen molar-refractivity contribution in [2.75, 3.05) is 6.54 Å². The van der Waals surface area contributed by atoms with Gasteiger partial charge in [0.05, 0.1) is 11.8 Å². The Hall–Kier alpha value is -2.08. The molecule has 6 nitrogen and oxygen atoms in total. The lowest BCUT2D eigenvalue weighted by Gasteiger charge is -2.23. The second-order valence-electron chi connectivity index (χ2n) is 5.43. The van der Waals surface area contributed by atoms with E-state index < -0.39 is 0 Å². The highest BCUT2D eigenvalue weighted by atomic mass is 35.5. The number of hydrogen-bond acceptors (Lipinski definition) is 4. The van der Waals surface area contributed by atoms with Crippen LogP contribution in [0, 0.1) is 0 Å². The number of likely N-dealkylation sites (tertiary alicyclic amines) is 1. The second kappa shape index (κ2) is 5.96. The zero-order chi connectivity index (χ0) is 15.7. The molecule has 22 heavy (non-hydrogen) atoms. The summed E-state index contributed by atoms with van der Waals surface area (Å²) < 4.78 is 6.77. The van der Waals surface area contributed by atoms with Gasteiger partial charge in [-0.15, -0.1) is 0 Å². The first-order chi connectivity index (χ1) is 10.5. The summed E-state index contributed by atoms with van der Waals surface area (Å²) in [5, 5.41) is 4.19. The summed E-state index contributed by atoms with van der Waals surface area (Å²) in [5.41, 5.74) is 0.572. The fraction of sp³-hybridized carbons (Fsp3) is 0.400. The van der Waals surface area contributed by atoms with Gasteiger partial charge in [0.1, 0.15) is 0 Å². The average Bonchev–Trinajstić information content (AvgIpc) is 3.19. The minimum atomic E-state index is -0.214. The molecule has 1 saturated heterocycles. The summed E-state index contributed by atoms with van der Waals surface area (Å²) in [7, 11) is 1.77. The molecule has 0 bridgehead atoms. The Morgan fingerprint density at radius 1 is 1.45 bits per heavy atom. The van der Waals surface area contributed by atoms with E-state index >= 15 is 0 Å². The summed E-state index contributed by atoms with van der Waals surface area (Å²) in [6.07, 6.45) is 5.23. The molecule has 0 N–H and O–H groups in total. The van der Waals surface area contributed by atoms with Crippen molar-refractivity contribution in [1.82, 2.24) is 14.7 Å². The van der Waals surface area contributed by atoms with Gasteiger partial charge in [0.2, 0.25) is 0 Å². The molecule has 116 valence electrons. The molecule has 1 amide bonds. The van der Waals surface area contributed by atoms with E-state index in [1.54, 1.807) is 41.2 Å². The smallest absolute Gasteiger partial charge is 0.289 e. The number of aryl methyl sites for hydroxylation is 1. The molecule has 0 aromatic carbocycles. The van der Waals surface area contributed by atoms with Gasteiger partial charge in [-0.25, -0.2) is 0 Å². The number of Topliss-reactive ketones (excluding diaryl/α,β-unsaturated/α-hetero) is 1. The standard InChI is InChI=1S/C15H16ClN3O3/c1-18-9-10(8-17-18)12(20)7-11-3-2-6-19(11)15(21)13-4-5-14(16)22-13/h4-5,8-9,11H,2-3,6-7H2,1H3. The van der Waals surface area contributed by atoms with Gasteiger partial charge in [0, 0.05) is 32.3 Å². The van der Waals surface area contributed by atoms with E-state index in [0.717, 1.165) is 12.8 Å². The Morgan fingerprint density at radius 3 is 2.91 bits per heavy atom. The van der Waals surface area contributed by atoms with Crippen molar-refractivity contribution in [2.24, 2.45) is 7.05 Å². The maximum absolute atomic E-state index is 12.4. The monoisotopic (exact) mass is 321 g/mol. The number of hydrogen-bond donors (Lipinski definition) is 0. The van der Waals surface area contributed by atoms with E-state index in [-0.39, 0.29) is 28.7 Å². The molecule has 0 aliphatic carbocycles. The summed E-state index contributed by atoms with van der Waals surface area (Å²) in [6.45, 7) is 0.627. The topological polar surface area (TPSA) is 68.3 Å². The normalized spacial score (nSPS) is 17.9. The number of furan rings is 1. The average molecular weight is 322 g/mol. The third-order valence-electron chi connectivity index (χ3n) is 3.87. The van der Waals surface area contributed by atoms with E-state index in [1.165, 1.54) is 0 Å². The predicted octanol–water partition coefficient (Wildman–Crippen LogP) is 2.54. The minimum Gasteiger partial charge on any atom is -0.440 e. The van der Waals surface area contributed by atoms with Crippen molar-refractivity contribution in [2.45, 2.75) is 25.3 Å². The van der Waals surface area contributed by atoms with Crippen LogP contribution in [0.5, 0.6) is 0 Å². The molecular formula is C15H16ClN3O3. The predicted molar refractivity (Wildman–Crippen MR) is 79.9 cm³/mol. The Bertz CT molecular complexity index is 706. The minimum absolute atomic E-state index is 0.00437. The van der Waals surface area contributed by atoms with Crippen molar-refractivity contribution in [3.63, 3.8) is 0 Å². The zero-order valence-corrected chi connectivity index (χ0v) is 12.9. The molecule has 0 radical (unpaired) electrons. The molecule has 1 atom stereocenters. The van der Waals surface area contributed by atoms with E-state index in [2.05, 4.69) is 5.10 Å². The molecular weight excluding hydrogens is 306 g/mol. The van der Waals surface area contributed by atoms with E-state index in [4.69, 9.17) is 16.0 Å². The summed E-state index contributed by atoms with van der Waals surface area (Å²) >= 11 is 5.71. The summed E-state index contributed by atoms with van der Waals surface area (Å²) in [5.74, 6) is -0.00519. The fourth-order valence-corrected chi connectivity index (χ4v) is 2.93. The first kappa shape index (κ1) is 14.8. The molecule has 0 spiro atoms. The maximum atomic E-state index is 12.4. The number of carbonyl (C=O) groups excluding carboxylic acids is 2. The maximum Gasteiger partial charge on any atom is 0.289 e. The first-order valence-electron chi connectivity index (χ1n) is 7.13. The van der Waals surface area contributed by atoms with Crippen LogP contribution in [-0.2, 0) is 7.05 Å². The van der Waals surface area contributed by atoms with Gasteiger partial charge in [-0.05, 0) is 36.6 Å². The van der Waals surface area contributed by atoms with Gasteiger partial charge < -0.3 is 9.32 Å². The largest absolute Gasteiger partial charge is 0.440 e. The fourth-order valence-electron chi connectivity index (χ4n) is 2.78. The highest BCUT2D eigenvalue weighted by molar-refractivity contribution is 6.29. The van der Waals surface area contributed by atoms with Gasteiger partial charge >= 0.3 is 0 Å². The van der Waals surface area contributed by atoms with Gasteiger partial charge in [-0.1, -0.05) is 0 Å². The van der Waals surface area contributed by atoms with E-state index in [1.807, 2.05) is 0 Å². The third-order valence-corrected chi connectivity index (χ3v) is 4.07. The Balaban J connectivity index is 1.70. The van der Waals surface area contributed by atoms with E-state index in [0.29, 0.717) is 18.5 Å². The van der Waals surface area contributed by atoms with Crippen LogP contribution in [0.1, 0.15) is 40.2 Å². The third kappa shape index (κ3) is 2.92. The van der Waals surface area contributed by atoms with E-state index in [9.17, 15) is 9.59 Å². The van der Waals surface area contributed by atoms with Crippen LogP contribution >= 0.6 is 11.6 Å². The van der Waals surface area contributed by atoms with Crippen molar-refractivity contribution >= 4 is 23.3 Å². The summed E-state index contributed by atoms with van der Waals surface area (Å²) in [4.78, 5) is 26.4. The number of aromatic nitrogens is 2. The Morgan fingerprint density at radius 2 is 2.27 bits per heavy atom.